The van der Waals surface area contributed by atoms with E-state index in [2.05, 4.69) is 25.0 Å². The zero-order valence-corrected chi connectivity index (χ0v) is 11.5. The lowest BCUT2D eigenvalue weighted by Crippen LogP contribution is -1.94. The quantitative estimate of drug-likeness (QED) is 0.824. The molecule has 0 aliphatic heterocycles. The number of aromatic amines is 1. The molecule has 0 aliphatic carbocycles. The molecule has 1 aromatic carbocycles. The number of H-pyrrole nitrogens is 1. The number of aromatic nitrogens is 1. The van der Waals surface area contributed by atoms with Crippen molar-refractivity contribution in [2.75, 3.05) is 0 Å². The SMILES string of the molecule is CCc1c[nH]c(C)c1Cc1ccc(Cl)cc1Cl. The van der Waals surface area contributed by atoms with Gasteiger partial charge in [0.1, 0.15) is 0 Å². The van der Waals surface area contributed by atoms with Gasteiger partial charge in [0.15, 0.2) is 0 Å². The maximum atomic E-state index is 6.20. The van der Waals surface area contributed by atoms with Gasteiger partial charge in [0.2, 0.25) is 0 Å². The minimum atomic E-state index is 0.681. The fourth-order valence-electron chi connectivity index (χ4n) is 2.03. The number of hydrogen-bond acceptors (Lipinski definition) is 0. The molecule has 0 fully saturated rings. The maximum absolute atomic E-state index is 6.20. The van der Waals surface area contributed by atoms with Gasteiger partial charge in [-0.25, -0.2) is 0 Å². The standard InChI is InChI=1S/C14H15Cl2N/c1-3-10-8-17-9(2)13(10)6-11-4-5-12(15)7-14(11)16/h4-5,7-8,17H,3,6H2,1-2H3. The molecule has 2 rings (SSSR count). The highest BCUT2D eigenvalue weighted by Gasteiger charge is 2.09. The van der Waals surface area contributed by atoms with Crippen LogP contribution in [-0.2, 0) is 12.8 Å². The first-order chi connectivity index (χ1) is 8.11. The van der Waals surface area contributed by atoms with E-state index in [9.17, 15) is 0 Å². The Kier molecular flexibility index (Phi) is 3.80. The van der Waals surface area contributed by atoms with Crippen molar-refractivity contribution in [3.05, 3.63) is 56.8 Å². The van der Waals surface area contributed by atoms with Gasteiger partial charge >= 0.3 is 0 Å². The summed E-state index contributed by atoms with van der Waals surface area (Å²) >= 11 is 12.1. The van der Waals surface area contributed by atoms with Gasteiger partial charge in [-0.3, -0.25) is 0 Å². The molecule has 0 spiro atoms. The van der Waals surface area contributed by atoms with Crippen LogP contribution < -0.4 is 0 Å². The Bertz CT molecular complexity index is 529. The number of nitrogens with one attached hydrogen (secondary N) is 1. The summed E-state index contributed by atoms with van der Waals surface area (Å²) < 4.78 is 0. The van der Waals surface area contributed by atoms with Gasteiger partial charge in [-0.1, -0.05) is 36.2 Å². The van der Waals surface area contributed by atoms with Crippen molar-refractivity contribution >= 4 is 23.2 Å². The van der Waals surface area contributed by atoms with Gasteiger partial charge in [0.05, 0.1) is 0 Å². The third-order valence-corrected chi connectivity index (χ3v) is 3.65. The molecule has 0 atom stereocenters. The van der Waals surface area contributed by atoms with Crippen molar-refractivity contribution in [1.29, 1.82) is 0 Å². The Morgan fingerprint density at radius 2 is 1.94 bits per heavy atom. The van der Waals surface area contributed by atoms with E-state index in [1.165, 1.54) is 16.8 Å². The minimum absolute atomic E-state index is 0.681. The number of benzene rings is 1. The summed E-state index contributed by atoms with van der Waals surface area (Å²) in [6.45, 7) is 4.26. The normalized spacial score (nSPS) is 10.8. The first-order valence-electron chi connectivity index (χ1n) is 5.71. The number of hydrogen-bond donors (Lipinski definition) is 1. The van der Waals surface area contributed by atoms with Crippen molar-refractivity contribution in [3.8, 4) is 0 Å². The Morgan fingerprint density at radius 1 is 1.18 bits per heavy atom. The van der Waals surface area contributed by atoms with Crippen LogP contribution in [0.15, 0.2) is 24.4 Å². The van der Waals surface area contributed by atoms with Crippen LogP contribution in [0.5, 0.6) is 0 Å². The van der Waals surface area contributed by atoms with Gasteiger partial charge in [0.25, 0.3) is 0 Å². The van der Waals surface area contributed by atoms with E-state index in [0.29, 0.717) is 5.02 Å². The molecule has 1 N–H and O–H groups in total. The molecule has 0 amide bonds. The number of halogens is 2. The van der Waals surface area contributed by atoms with Crippen LogP contribution in [0, 0.1) is 6.92 Å². The van der Waals surface area contributed by atoms with Crippen LogP contribution in [0.1, 0.15) is 29.3 Å². The van der Waals surface area contributed by atoms with Crippen molar-refractivity contribution in [2.45, 2.75) is 26.7 Å². The lowest BCUT2D eigenvalue weighted by molar-refractivity contribution is 1.07. The average Bonchev–Trinajstić information content (AvgIpc) is 2.64. The lowest BCUT2D eigenvalue weighted by atomic mass is 10.0. The zero-order valence-electron chi connectivity index (χ0n) is 9.98. The van der Waals surface area contributed by atoms with Crippen LogP contribution in [0.2, 0.25) is 10.0 Å². The monoisotopic (exact) mass is 267 g/mol. The minimum Gasteiger partial charge on any atom is -0.365 e. The van der Waals surface area contributed by atoms with Crippen LogP contribution in [-0.4, -0.2) is 4.98 Å². The fraction of sp³-hybridized carbons (Fsp3) is 0.286. The van der Waals surface area contributed by atoms with E-state index in [4.69, 9.17) is 23.2 Å². The molecule has 0 aliphatic rings. The largest absolute Gasteiger partial charge is 0.365 e. The second kappa shape index (κ2) is 5.16. The van der Waals surface area contributed by atoms with Crippen LogP contribution >= 0.6 is 23.2 Å². The van der Waals surface area contributed by atoms with Gasteiger partial charge in [-0.05, 0) is 42.2 Å². The molecule has 0 saturated carbocycles. The second-order valence-electron chi connectivity index (χ2n) is 4.18. The zero-order chi connectivity index (χ0) is 12.4. The van der Waals surface area contributed by atoms with Crippen molar-refractivity contribution in [2.24, 2.45) is 0 Å². The predicted molar refractivity (Wildman–Crippen MR) is 74.2 cm³/mol. The van der Waals surface area contributed by atoms with Crippen LogP contribution in [0.25, 0.3) is 0 Å². The van der Waals surface area contributed by atoms with E-state index in [1.54, 1.807) is 6.07 Å². The fourth-order valence-corrected chi connectivity index (χ4v) is 2.50. The highest BCUT2D eigenvalue weighted by Crippen LogP contribution is 2.26. The van der Waals surface area contributed by atoms with Crippen LogP contribution in [0.3, 0.4) is 0 Å². The van der Waals surface area contributed by atoms with E-state index in [1.807, 2.05) is 12.1 Å². The molecule has 0 unspecified atom stereocenters. The second-order valence-corrected chi connectivity index (χ2v) is 5.03. The average molecular weight is 268 g/mol. The molecule has 1 nitrogen and oxygen atoms in total. The third-order valence-electron chi connectivity index (χ3n) is 3.07. The molecule has 3 heteroatoms. The molecule has 1 aromatic heterocycles. The molecule has 0 bridgehead atoms. The van der Waals surface area contributed by atoms with E-state index in [-0.39, 0.29) is 0 Å². The van der Waals surface area contributed by atoms with Gasteiger partial charge in [-0.15, -0.1) is 0 Å². The Labute approximate surface area is 112 Å². The van der Waals surface area contributed by atoms with Gasteiger partial charge < -0.3 is 4.98 Å². The molecule has 90 valence electrons. The third kappa shape index (κ3) is 2.67. The summed E-state index contributed by atoms with van der Waals surface area (Å²) in [6.07, 6.45) is 3.97. The van der Waals surface area contributed by atoms with E-state index >= 15 is 0 Å². The number of rotatable bonds is 3. The number of aryl methyl sites for hydroxylation is 2. The summed E-state index contributed by atoms with van der Waals surface area (Å²) in [4.78, 5) is 3.27. The first kappa shape index (κ1) is 12.5. The molecule has 2 aromatic rings. The van der Waals surface area contributed by atoms with Crippen molar-refractivity contribution < 1.29 is 0 Å². The highest BCUT2D eigenvalue weighted by atomic mass is 35.5. The molecular weight excluding hydrogens is 253 g/mol. The summed E-state index contributed by atoms with van der Waals surface area (Å²) in [5.41, 5.74) is 5.03. The smallest absolute Gasteiger partial charge is 0.0456 e. The topological polar surface area (TPSA) is 15.8 Å². The molecule has 1 heterocycles. The van der Waals surface area contributed by atoms with Crippen molar-refractivity contribution in [1.82, 2.24) is 4.98 Å². The first-order valence-corrected chi connectivity index (χ1v) is 6.47. The van der Waals surface area contributed by atoms with E-state index in [0.717, 1.165) is 23.4 Å². The maximum Gasteiger partial charge on any atom is 0.0456 e. The Morgan fingerprint density at radius 3 is 2.59 bits per heavy atom. The summed E-state index contributed by atoms with van der Waals surface area (Å²) in [6, 6.07) is 5.68. The van der Waals surface area contributed by atoms with Crippen molar-refractivity contribution in [3.63, 3.8) is 0 Å². The molecule has 0 radical (unpaired) electrons. The summed E-state index contributed by atoms with van der Waals surface area (Å²) in [7, 11) is 0. The lowest BCUT2D eigenvalue weighted by Gasteiger charge is -2.07. The molecule has 0 saturated heterocycles. The Balaban J connectivity index is 2.34. The predicted octanol–water partition coefficient (Wildman–Crippen LogP) is 4.78. The Hall–Kier alpha value is -0.920. The van der Waals surface area contributed by atoms with Gasteiger partial charge in [-0.2, -0.15) is 0 Å². The molecular formula is C14H15Cl2N. The highest BCUT2D eigenvalue weighted by molar-refractivity contribution is 6.35. The molecule has 17 heavy (non-hydrogen) atoms. The van der Waals surface area contributed by atoms with Crippen LogP contribution in [0.4, 0.5) is 0 Å². The summed E-state index contributed by atoms with van der Waals surface area (Å²) in [5.74, 6) is 0. The summed E-state index contributed by atoms with van der Waals surface area (Å²) in [5, 5.41) is 1.42. The van der Waals surface area contributed by atoms with E-state index < -0.39 is 0 Å². The van der Waals surface area contributed by atoms with Gasteiger partial charge in [0, 0.05) is 28.4 Å².